The lowest BCUT2D eigenvalue weighted by Gasteiger charge is -2.32. The molecule has 0 atom stereocenters. The summed E-state index contributed by atoms with van der Waals surface area (Å²) < 4.78 is 0. The number of hydrogen-bond donors (Lipinski definition) is 2. The summed E-state index contributed by atoms with van der Waals surface area (Å²) in [6.45, 7) is 6.64. The number of carbonyl (C=O) groups is 2. The molecule has 3 rings (SSSR count). The number of aromatic nitrogens is 2. The molecule has 1 aromatic carbocycles. The van der Waals surface area contributed by atoms with E-state index < -0.39 is 0 Å². The fourth-order valence-electron chi connectivity index (χ4n) is 3.47. The highest BCUT2D eigenvalue weighted by Crippen LogP contribution is 2.16. The van der Waals surface area contributed by atoms with Gasteiger partial charge in [-0.25, -0.2) is 0 Å². The second-order valence-corrected chi connectivity index (χ2v) is 8.48. The minimum atomic E-state index is -0.176. The highest BCUT2D eigenvalue weighted by molar-refractivity contribution is 7.15. The number of carbonyl (C=O) groups excluding carboxylic acids is 2. The van der Waals surface area contributed by atoms with Gasteiger partial charge < -0.3 is 15.1 Å². The van der Waals surface area contributed by atoms with Gasteiger partial charge in [0.15, 0.2) is 0 Å². The Hall–Kier alpha value is -2.32. The molecule has 2 amide bonds. The summed E-state index contributed by atoms with van der Waals surface area (Å²) in [4.78, 5) is 28.0. The Morgan fingerprint density at radius 2 is 1.86 bits per heavy atom. The molecule has 1 aliphatic rings. The van der Waals surface area contributed by atoms with Gasteiger partial charge in [-0.1, -0.05) is 48.6 Å². The molecule has 0 saturated carbocycles. The zero-order valence-electron chi connectivity index (χ0n) is 17.0. The number of anilines is 1. The summed E-state index contributed by atoms with van der Waals surface area (Å²) in [6, 6.07) is 10.5. The van der Waals surface area contributed by atoms with Gasteiger partial charge in [-0.05, 0) is 12.0 Å². The van der Waals surface area contributed by atoms with Crippen LogP contribution in [0.5, 0.6) is 0 Å². The summed E-state index contributed by atoms with van der Waals surface area (Å²) in [6.07, 6.45) is 3.36. The quantitative estimate of drug-likeness (QED) is 0.643. The van der Waals surface area contributed by atoms with Crippen LogP contribution in [0.15, 0.2) is 30.3 Å². The molecule has 7 nitrogen and oxygen atoms in total. The van der Waals surface area contributed by atoms with Gasteiger partial charge in [0, 0.05) is 25.7 Å². The summed E-state index contributed by atoms with van der Waals surface area (Å²) in [5, 5.41) is 12.2. The number of benzene rings is 1. The molecule has 8 heteroatoms. The number of amides is 2. The molecule has 0 spiro atoms. The van der Waals surface area contributed by atoms with E-state index in [9.17, 15) is 9.59 Å². The number of rotatable bonds is 9. The largest absolute Gasteiger partial charge is 0.332 e. The molecule has 1 saturated heterocycles. The Kier molecular flexibility index (Phi) is 8.13. The van der Waals surface area contributed by atoms with Gasteiger partial charge in [0.1, 0.15) is 5.01 Å². The Bertz CT molecular complexity index is 787. The van der Waals surface area contributed by atoms with Crippen molar-refractivity contribution < 1.29 is 14.5 Å². The van der Waals surface area contributed by atoms with Gasteiger partial charge in [0.25, 0.3) is 0 Å². The first-order chi connectivity index (χ1) is 14.1. The van der Waals surface area contributed by atoms with Crippen molar-refractivity contribution in [3.8, 4) is 0 Å². The van der Waals surface area contributed by atoms with Crippen LogP contribution in [-0.2, 0) is 22.4 Å². The molecule has 1 fully saturated rings. The smallest absolute Gasteiger partial charge is 0.226 e. The molecule has 0 unspecified atom stereocenters. The first-order valence-electron chi connectivity index (χ1n) is 10.4. The van der Waals surface area contributed by atoms with Crippen LogP contribution < -0.4 is 10.2 Å². The Morgan fingerprint density at radius 3 is 2.59 bits per heavy atom. The maximum Gasteiger partial charge on any atom is 0.226 e. The molecule has 0 aliphatic carbocycles. The molecule has 0 bridgehead atoms. The van der Waals surface area contributed by atoms with Crippen molar-refractivity contribution in [2.75, 3.05) is 38.0 Å². The van der Waals surface area contributed by atoms with E-state index in [-0.39, 0.29) is 24.7 Å². The average molecular weight is 417 g/mol. The third kappa shape index (κ3) is 6.90. The van der Waals surface area contributed by atoms with Crippen LogP contribution in [0.25, 0.3) is 0 Å². The van der Waals surface area contributed by atoms with Crippen LogP contribution in [-0.4, -0.2) is 59.6 Å². The Morgan fingerprint density at radius 1 is 1.10 bits per heavy atom. The van der Waals surface area contributed by atoms with Gasteiger partial charge in [-0.2, -0.15) is 0 Å². The van der Waals surface area contributed by atoms with Crippen LogP contribution in [0, 0.1) is 0 Å². The minimum Gasteiger partial charge on any atom is -0.332 e. The third-order valence-corrected chi connectivity index (χ3v) is 6.07. The van der Waals surface area contributed by atoms with E-state index in [1.54, 1.807) is 0 Å². The molecular formula is C21H30N5O2S+. The summed E-state index contributed by atoms with van der Waals surface area (Å²) >= 11 is 1.40. The lowest BCUT2D eigenvalue weighted by molar-refractivity contribution is -0.903. The number of nitrogens with one attached hydrogen (secondary N) is 2. The molecule has 0 radical (unpaired) electrons. The standard InChI is InChI=1S/C21H29N5O2S/c1-2-6-19-23-24-21(29-19)22-18(27)9-10-20(28)26-15-13-25(14-16-26)12-11-17-7-4-3-5-8-17/h3-5,7-8H,2,6,9-16H2,1H3,(H,22,24,27)/p+1. The number of piperazine rings is 1. The summed E-state index contributed by atoms with van der Waals surface area (Å²) in [7, 11) is 0. The van der Waals surface area contributed by atoms with E-state index in [2.05, 4.69) is 46.7 Å². The second kappa shape index (κ2) is 11.0. The Balaban J connectivity index is 1.33. The van der Waals surface area contributed by atoms with Crippen molar-refractivity contribution in [3.63, 3.8) is 0 Å². The molecule has 2 N–H and O–H groups in total. The predicted octanol–water partition coefficient (Wildman–Crippen LogP) is 1.18. The van der Waals surface area contributed by atoms with Gasteiger partial charge in [0.05, 0.1) is 32.7 Å². The molecule has 1 aromatic heterocycles. The van der Waals surface area contributed by atoms with Gasteiger partial charge in [-0.3, -0.25) is 9.59 Å². The van der Waals surface area contributed by atoms with Gasteiger partial charge >= 0.3 is 0 Å². The molecule has 29 heavy (non-hydrogen) atoms. The molecular weight excluding hydrogens is 386 g/mol. The number of aryl methyl sites for hydroxylation is 1. The normalized spacial score (nSPS) is 14.7. The molecule has 2 aromatic rings. The van der Waals surface area contributed by atoms with E-state index in [1.807, 2.05) is 11.0 Å². The molecule has 1 aliphatic heterocycles. The first kappa shape index (κ1) is 21.4. The fourth-order valence-corrected chi connectivity index (χ4v) is 4.33. The predicted molar refractivity (Wildman–Crippen MR) is 114 cm³/mol. The minimum absolute atomic E-state index is 0.0613. The van der Waals surface area contributed by atoms with E-state index in [0.29, 0.717) is 5.13 Å². The van der Waals surface area contributed by atoms with Crippen molar-refractivity contribution in [1.29, 1.82) is 0 Å². The van der Waals surface area contributed by atoms with Gasteiger partial charge in [-0.15, -0.1) is 10.2 Å². The summed E-state index contributed by atoms with van der Waals surface area (Å²) in [5.74, 6) is -0.115. The van der Waals surface area contributed by atoms with E-state index in [4.69, 9.17) is 0 Å². The van der Waals surface area contributed by atoms with Crippen molar-refractivity contribution in [2.24, 2.45) is 0 Å². The van der Waals surface area contributed by atoms with Crippen molar-refractivity contribution in [1.82, 2.24) is 15.1 Å². The summed E-state index contributed by atoms with van der Waals surface area (Å²) in [5.41, 5.74) is 1.36. The first-order valence-corrected chi connectivity index (χ1v) is 11.2. The number of nitrogens with zero attached hydrogens (tertiary/aromatic N) is 3. The molecule has 2 heterocycles. The van der Waals surface area contributed by atoms with Crippen LogP contribution in [0.2, 0.25) is 0 Å². The third-order valence-electron chi connectivity index (χ3n) is 5.18. The van der Waals surface area contributed by atoms with Crippen LogP contribution in [0.4, 0.5) is 5.13 Å². The highest BCUT2D eigenvalue weighted by Gasteiger charge is 2.23. The maximum atomic E-state index is 12.4. The van der Waals surface area contributed by atoms with Crippen LogP contribution >= 0.6 is 11.3 Å². The highest BCUT2D eigenvalue weighted by atomic mass is 32.1. The van der Waals surface area contributed by atoms with E-state index >= 15 is 0 Å². The topological polar surface area (TPSA) is 79.6 Å². The lowest BCUT2D eigenvalue weighted by Crippen LogP contribution is -3.15. The number of hydrogen-bond acceptors (Lipinski definition) is 5. The lowest BCUT2D eigenvalue weighted by atomic mass is 10.1. The zero-order valence-corrected chi connectivity index (χ0v) is 17.8. The number of quaternary nitrogens is 1. The van der Waals surface area contributed by atoms with Crippen LogP contribution in [0.1, 0.15) is 36.8 Å². The molecule has 156 valence electrons. The maximum absolute atomic E-state index is 12.4. The van der Waals surface area contributed by atoms with Crippen LogP contribution in [0.3, 0.4) is 0 Å². The van der Waals surface area contributed by atoms with E-state index in [0.717, 1.165) is 57.0 Å². The monoisotopic (exact) mass is 416 g/mol. The Labute approximate surface area is 176 Å². The van der Waals surface area contributed by atoms with Gasteiger partial charge in [0.2, 0.25) is 16.9 Å². The fraction of sp³-hybridized carbons (Fsp3) is 0.524. The van der Waals surface area contributed by atoms with E-state index in [1.165, 1.54) is 21.8 Å². The SMILES string of the molecule is CCCc1nnc(NC(=O)CCC(=O)N2CC[NH+](CCc3ccccc3)CC2)s1. The van der Waals surface area contributed by atoms with Crippen molar-refractivity contribution in [2.45, 2.75) is 39.0 Å². The zero-order chi connectivity index (χ0) is 20.5. The second-order valence-electron chi connectivity index (χ2n) is 7.42. The van der Waals surface area contributed by atoms with Crippen molar-refractivity contribution >= 4 is 28.3 Å². The average Bonchev–Trinajstić information content (AvgIpc) is 3.18. The van der Waals surface area contributed by atoms with Crippen molar-refractivity contribution in [3.05, 3.63) is 40.9 Å².